The molecule has 2 amide bonds. The topological polar surface area (TPSA) is 45.6 Å². The van der Waals surface area contributed by atoms with Gasteiger partial charge in [-0.15, -0.1) is 0 Å². The maximum atomic E-state index is 12.6. The van der Waals surface area contributed by atoms with Gasteiger partial charge in [0, 0.05) is 31.8 Å². The lowest BCUT2D eigenvalue weighted by Gasteiger charge is -2.25. The van der Waals surface area contributed by atoms with Crippen LogP contribution in [0.3, 0.4) is 0 Å². The molecule has 118 valence electrons. The number of alkyl halides is 3. The third kappa shape index (κ3) is 5.07. The molecule has 0 aliphatic carbocycles. The molecule has 5 nitrogen and oxygen atoms in total. The summed E-state index contributed by atoms with van der Waals surface area (Å²) in [5, 5.41) is 0. The number of hydrogen-bond donors (Lipinski definition) is 0. The van der Waals surface area contributed by atoms with Crippen LogP contribution in [0.15, 0.2) is 16.7 Å². The van der Waals surface area contributed by atoms with Crippen molar-refractivity contribution in [2.24, 2.45) is 7.05 Å². The van der Waals surface area contributed by atoms with Crippen molar-refractivity contribution in [1.29, 1.82) is 0 Å². The Hall–Kier alpha value is -1.51. The number of rotatable bonds is 4. The van der Waals surface area contributed by atoms with E-state index in [0.29, 0.717) is 9.37 Å². The van der Waals surface area contributed by atoms with E-state index < -0.39 is 31.1 Å². The molecule has 0 saturated heterocycles. The highest BCUT2D eigenvalue weighted by molar-refractivity contribution is 9.10. The molecule has 0 saturated carbocycles. The maximum Gasteiger partial charge on any atom is 0.406 e. The fraction of sp³-hybridized carbons (Fsp3) is 0.500. The molecule has 9 heteroatoms. The van der Waals surface area contributed by atoms with Gasteiger partial charge < -0.3 is 14.4 Å². The van der Waals surface area contributed by atoms with Crippen LogP contribution in [-0.2, 0) is 11.8 Å². The number of halogens is 4. The lowest BCUT2D eigenvalue weighted by Crippen LogP contribution is -2.45. The van der Waals surface area contributed by atoms with Gasteiger partial charge in [0.15, 0.2) is 0 Å². The minimum absolute atomic E-state index is 0.0673. The number of amides is 2. The zero-order valence-electron chi connectivity index (χ0n) is 11.7. The van der Waals surface area contributed by atoms with E-state index in [1.54, 1.807) is 6.20 Å². The van der Waals surface area contributed by atoms with E-state index in [-0.39, 0.29) is 5.69 Å². The summed E-state index contributed by atoms with van der Waals surface area (Å²) in [6, 6.07) is 1.41. The molecule has 21 heavy (non-hydrogen) atoms. The molecule has 1 aromatic rings. The Morgan fingerprint density at radius 2 is 1.90 bits per heavy atom. The third-order valence-electron chi connectivity index (χ3n) is 2.67. The molecule has 0 unspecified atom stereocenters. The van der Waals surface area contributed by atoms with E-state index >= 15 is 0 Å². The highest BCUT2D eigenvalue weighted by Gasteiger charge is 2.35. The number of aromatic nitrogens is 1. The summed E-state index contributed by atoms with van der Waals surface area (Å²) in [5.74, 6) is -1.43. The molecule has 0 aliphatic rings. The summed E-state index contributed by atoms with van der Waals surface area (Å²) in [5.41, 5.74) is 0.0673. The van der Waals surface area contributed by atoms with Crippen LogP contribution in [0, 0.1) is 0 Å². The van der Waals surface area contributed by atoms with Crippen molar-refractivity contribution in [1.82, 2.24) is 14.4 Å². The second kappa shape index (κ2) is 6.50. The van der Waals surface area contributed by atoms with Crippen molar-refractivity contribution in [3.63, 3.8) is 0 Å². The number of hydrogen-bond acceptors (Lipinski definition) is 2. The molecule has 1 aromatic heterocycles. The van der Waals surface area contributed by atoms with Gasteiger partial charge in [0.05, 0.1) is 0 Å². The normalized spacial score (nSPS) is 11.4. The van der Waals surface area contributed by atoms with Gasteiger partial charge in [-0.3, -0.25) is 9.59 Å². The van der Waals surface area contributed by atoms with E-state index in [9.17, 15) is 22.8 Å². The Kier molecular flexibility index (Phi) is 5.43. The predicted octanol–water partition coefficient (Wildman–Crippen LogP) is 1.88. The quantitative estimate of drug-likeness (QED) is 0.813. The number of carbonyl (C=O) groups is 2. The summed E-state index contributed by atoms with van der Waals surface area (Å²) < 4.78 is 39.8. The molecule has 0 N–H and O–H groups in total. The average Bonchev–Trinajstić information content (AvgIpc) is 2.64. The zero-order valence-corrected chi connectivity index (χ0v) is 13.3. The van der Waals surface area contributed by atoms with E-state index in [2.05, 4.69) is 15.9 Å². The Balaban J connectivity index is 3.02. The van der Waals surface area contributed by atoms with Gasteiger partial charge >= 0.3 is 6.18 Å². The highest BCUT2D eigenvalue weighted by atomic mass is 79.9. The van der Waals surface area contributed by atoms with Crippen molar-refractivity contribution >= 4 is 27.7 Å². The van der Waals surface area contributed by atoms with Crippen molar-refractivity contribution in [2.75, 3.05) is 27.2 Å². The largest absolute Gasteiger partial charge is 0.406 e. The molecule has 1 rings (SSSR count). The molecular weight excluding hydrogens is 355 g/mol. The van der Waals surface area contributed by atoms with Gasteiger partial charge in [0.2, 0.25) is 5.91 Å². The standard InChI is InChI=1S/C12H15BrF3N3O2/c1-17(2)10(20)6-19(7-12(14,15)16)11(21)9-4-8(13)5-18(9)3/h4-5H,6-7H2,1-3H3. The van der Waals surface area contributed by atoms with Gasteiger partial charge in [-0.1, -0.05) is 0 Å². The first-order valence-electron chi connectivity index (χ1n) is 5.89. The Morgan fingerprint density at radius 1 is 1.33 bits per heavy atom. The molecule has 0 atom stereocenters. The second-order valence-corrected chi connectivity index (χ2v) is 5.63. The van der Waals surface area contributed by atoms with Gasteiger partial charge in [0.1, 0.15) is 18.8 Å². The summed E-state index contributed by atoms with van der Waals surface area (Å²) >= 11 is 3.15. The fourth-order valence-corrected chi connectivity index (χ4v) is 2.14. The number of carbonyl (C=O) groups excluding carboxylic acids is 2. The van der Waals surface area contributed by atoms with Crippen molar-refractivity contribution in [2.45, 2.75) is 6.18 Å². The summed E-state index contributed by atoms with van der Waals surface area (Å²) in [7, 11) is 4.37. The molecule has 0 fully saturated rings. The van der Waals surface area contributed by atoms with Gasteiger partial charge in [0.25, 0.3) is 5.91 Å². The first kappa shape index (κ1) is 17.5. The highest BCUT2D eigenvalue weighted by Crippen LogP contribution is 2.20. The van der Waals surface area contributed by atoms with Crippen LogP contribution in [0.25, 0.3) is 0 Å². The molecular formula is C12H15BrF3N3O2. The molecule has 1 heterocycles. The van der Waals surface area contributed by atoms with Crippen LogP contribution in [0.5, 0.6) is 0 Å². The van der Waals surface area contributed by atoms with E-state index in [1.165, 1.54) is 31.8 Å². The summed E-state index contributed by atoms with van der Waals surface area (Å²) in [6.45, 7) is -2.11. The zero-order chi connectivity index (χ0) is 16.4. The number of nitrogens with zero attached hydrogens (tertiary/aromatic N) is 3. The Labute approximate surface area is 128 Å². The minimum Gasteiger partial charge on any atom is -0.347 e. The summed E-state index contributed by atoms with van der Waals surface area (Å²) in [4.78, 5) is 25.5. The monoisotopic (exact) mass is 369 g/mol. The van der Waals surface area contributed by atoms with Crippen LogP contribution in [-0.4, -0.2) is 59.5 Å². The maximum absolute atomic E-state index is 12.6. The molecule has 0 radical (unpaired) electrons. The number of aryl methyl sites for hydroxylation is 1. The number of likely N-dealkylation sites (N-methyl/N-ethyl adjacent to an activating group) is 1. The van der Waals surface area contributed by atoms with Gasteiger partial charge in [-0.2, -0.15) is 13.2 Å². The van der Waals surface area contributed by atoms with Crippen molar-refractivity contribution in [3.8, 4) is 0 Å². The first-order valence-corrected chi connectivity index (χ1v) is 6.68. The van der Waals surface area contributed by atoms with Gasteiger partial charge in [-0.05, 0) is 22.0 Å². The van der Waals surface area contributed by atoms with Crippen molar-refractivity contribution in [3.05, 3.63) is 22.4 Å². The first-order chi connectivity index (χ1) is 9.51. The lowest BCUT2D eigenvalue weighted by atomic mass is 10.3. The smallest absolute Gasteiger partial charge is 0.347 e. The van der Waals surface area contributed by atoms with Crippen LogP contribution < -0.4 is 0 Å². The van der Waals surface area contributed by atoms with Crippen LogP contribution in [0.1, 0.15) is 10.5 Å². The fourth-order valence-electron chi connectivity index (χ4n) is 1.62. The predicted molar refractivity (Wildman–Crippen MR) is 73.8 cm³/mol. The Bertz CT molecular complexity index is 540. The van der Waals surface area contributed by atoms with E-state index in [4.69, 9.17) is 0 Å². The second-order valence-electron chi connectivity index (χ2n) is 4.72. The van der Waals surface area contributed by atoms with Crippen LogP contribution in [0.4, 0.5) is 13.2 Å². The minimum atomic E-state index is -4.58. The van der Waals surface area contributed by atoms with Crippen LogP contribution >= 0.6 is 15.9 Å². The van der Waals surface area contributed by atoms with E-state index in [1.807, 2.05) is 0 Å². The van der Waals surface area contributed by atoms with Gasteiger partial charge in [-0.25, -0.2) is 0 Å². The average molecular weight is 370 g/mol. The SMILES string of the molecule is CN(C)C(=O)CN(CC(F)(F)F)C(=O)c1cc(Br)cn1C. The molecule has 0 aliphatic heterocycles. The molecule has 0 bridgehead atoms. The summed E-state index contributed by atoms with van der Waals surface area (Å²) in [6.07, 6.45) is -3.03. The Morgan fingerprint density at radius 3 is 2.29 bits per heavy atom. The van der Waals surface area contributed by atoms with Crippen LogP contribution in [0.2, 0.25) is 0 Å². The molecule has 0 aromatic carbocycles. The lowest BCUT2D eigenvalue weighted by molar-refractivity contribution is -0.146. The van der Waals surface area contributed by atoms with Crippen molar-refractivity contribution < 1.29 is 22.8 Å². The third-order valence-corrected chi connectivity index (χ3v) is 3.11. The van der Waals surface area contributed by atoms with E-state index in [0.717, 1.165) is 4.90 Å². The molecule has 0 spiro atoms.